The summed E-state index contributed by atoms with van der Waals surface area (Å²) in [6, 6.07) is 0. The van der Waals surface area contributed by atoms with Crippen LogP contribution in [-0.2, 0) is 6.54 Å². The number of hydrogen-bond acceptors (Lipinski definition) is 3. The molecule has 0 spiro atoms. The van der Waals surface area contributed by atoms with Crippen molar-refractivity contribution in [3.8, 4) is 0 Å². The molecule has 0 aliphatic carbocycles. The zero-order valence-corrected chi connectivity index (χ0v) is 13.0. The quantitative estimate of drug-likeness (QED) is 0.780. The van der Waals surface area contributed by atoms with Crippen molar-refractivity contribution in [1.29, 1.82) is 0 Å². The number of aliphatic hydroxyl groups is 1. The molecule has 20 heavy (non-hydrogen) atoms. The predicted octanol–water partition coefficient (Wildman–Crippen LogP) is 2.45. The molecule has 1 atom stereocenters. The molecule has 2 rings (SSSR count). The molecule has 114 valence electrons. The molecular formula is C16H29N3O. The number of aromatic nitrogens is 2. The summed E-state index contributed by atoms with van der Waals surface area (Å²) < 4.78 is 2.05. The van der Waals surface area contributed by atoms with Gasteiger partial charge in [-0.3, -0.25) is 4.68 Å². The molecule has 0 saturated carbocycles. The molecule has 0 radical (unpaired) electrons. The number of likely N-dealkylation sites (tertiary alicyclic amines) is 1. The Bertz CT molecular complexity index is 381. The monoisotopic (exact) mass is 279 g/mol. The van der Waals surface area contributed by atoms with E-state index in [4.69, 9.17) is 0 Å². The smallest absolute Gasteiger partial charge is 0.0541 e. The lowest BCUT2D eigenvalue weighted by Gasteiger charge is -2.33. The largest absolute Gasteiger partial charge is 0.393 e. The Balaban J connectivity index is 1.51. The Morgan fingerprint density at radius 3 is 2.55 bits per heavy atom. The van der Waals surface area contributed by atoms with Crippen LogP contribution < -0.4 is 0 Å². The van der Waals surface area contributed by atoms with Gasteiger partial charge in [-0.05, 0) is 70.6 Å². The Labute approximate surface area is 122 Å². The summed E-state index contributed by atoms with van der Waals surface area (Å²) in [6.07, 6.45) is 9.98. The van der Waals surface area contributed by atoms with Gasteiger partial charge < -0.3 is 10.0 Å². The van der Waals surface area contributed by atoms with E-state index in [2.05, 4.69) is 23.1 Å². The fourth-order valence-electron chi connectivity index (χ4n) is 3.03. The fourth-order valence-corrected chi connectivity index (χ4v) is 3.03. The SMILES string of the molecule is Cc1cnn(CCCCCN2CCC(C(C)O)CC2)c1. The lowest BCUT2D eigenvalue weighted by molar-refractivity contribution is 0.0713. The van der Waals surface area contributed by atoms with Crippen LogP contribution in [0.2, 0.25) is 0 Å². The van der Waals surface area contributed by atoms with Crippen molar-refractivity contribution < 1.29 is 5.11 Å². The predicted molar refractivity (Wildman–Crippen MR) is 81.7 cm³/mol. The highest BCUT2D eigenvalue weighted by atomic mass is 16.3. The van der Waals surface area contributed by atoms with E-state index >= 15 is 0 Å². The normalized spacial score (nSPS) is 19.4. The van der Waals surface area contributed by atoms with Crippen molar-refractivity contribution in [2.24, 2.45) is 5.92 Å². The molecule has 1 aromatic heterocycles. The van der Waals surface area contributed by atoms with E-state index in [1.807, 2.05) is 17.8 Å². The molecule has 0 aromatic carbocycles. The first-order valence-corrected chi connectivity index (χ1v) is 8.04. The Kier molecular flexibility index (Phi) is 6.05. The summed E-state index contributed by atoms with van der Waals surface area (Å²) >= 11 is 0. The van der Waals surface area contributed by atoms with Gasteiger partial charge in [-0.1, -0.05) is 6.42 Å². The number of hydrogen-bond donors (Lipinski definition) is 1. The lowest BCUT2D eigenvalue weighted by atomic mass is 9.92. The van der Waals surface area contributed by atoms with Crippen LogP contribution in [-0.4, -0.2) is 45.5 Å². The maximum Gasteiger partial charge on any atom is 0.0541 e. The second kappa shape index (κ2) is 7.79. The van der Waals surface area contributed by atoms with E-state index in [0.717, 1.165) is 32.5 Å². The standard InChI is InChI=1S/C16H29N3O/c1-14-12-17-19(13-14)9-5-3-4-8-18-10-6-16(7-11-18)15(2)20/h12-13,15-16,20H,3-11H2,1-2H3. The van der Waals surface area contributed by atoms with Gasteiger partial charge in [-0.15, -0.1) is 0 Å². The second-order valence-electron chi connectivity index (χ2n) is 6.26. The van der Waals surface area contributed by atoms with Crippen LogP contribution in [0.4, 0.5) is 0 Å². The van der Waals surface area contributed by atoms with Crippen molar-refractivity contribution in [3.63, 3.8) is 0 Å². The summed E-state index contributed by atoms with van der Waals surface area (Å²) in [4.78, 5) is 2.55. The molecule has 1 aliphatic heterocycles. The van der Waals surface area contributed by atoms with Crippen LogP contribution in [0.15, 0.2) is 12.4 Å². The summed E-state index contributed by atoms with van der Waals surface area (Å²) in [7, 11) is 0. The average molecular weight is 279 g/mol. The summed E-state index contributed by atoms with van der Waals surface area (Å²) in [5, 5.41) is 13.9. The third kappa shape index (κ3) is 4.91. The van der Waals surface area contributed by atoms with E-state index in [1.54, 1.807) is 0 Å². The zero-order valence-electron chi connectivity index (χ0n) is 13.0. The van der Waals surface area contributed by atoms with Crippen molar-refractivity contribution in [2.45, 2.75) is 58.6 Å². The molecule has 2 heterocycles. The Morgan fingerprint density at radius 1 is 1.25 bits per heavy atom. The average Bonchev–Trinajstić information content (AvgIpc) is 2.84. The molecule has 0 amide bonds. The second-order valence-corrected chi connectivity index (χ2v) is 6.26. The minimum atomic E-state index is -0.130. The lowest BCUT2D eigenvalue weighted by Crippen LogP contribution is -2.37. The van der Waals surface area contributed by atoms with E-state index in [0.29, 0.717) is 5.92 Å². The van der Waals surface area contributed by atoms with Gasteiger partial charge in [0.05, 0.1) is 12.3 Å². The van der Waals surface area contributed by atoms with Crippen LogP contribution in [0.5, 0.6) is 0 Å². The van der Waals surface area contributed by atoms with Crippen molar-refractivity contribution in [1.82, 2.24) is 14.7 Å². The molecule has 1 aliphatic rings. The van der Waals surface area contributed by atoms with E-state index in [1.165, 1.54) is 31.4 Å². The highest BCUT2D eigenvalue weighted by Gasteiger charge is 2.21. The Hall–Kier alpha value is -0.870. The molecule has 0 bridgehead atoms. The topological polar surface area (TPSA) is 41.3 Å². The first-order valence-electron chi connectivity index (χ1n) is 8.04. The van der Waals surface area contributed by atoms with Crippen molar-refractivity contribution >= 4 is 0 Å². The number of unbranched alkanes of at least 4 members (excludes halogenated alkanes) is 2. The molecule has 4 nitrogen and oxygen atoms in total. The molecule has 1 fully saturated rings. The van der Waals surface area contributed by atoms with Crippen molar-refractivity contribution in [3.05, 3.63) is 18.0 Å². The van der Waals surface area contributed by atoms with Crippen LogP contribution >= 0.6 is 0 Å². The third-order valence-corrected chi connectivity index (χ3v) is 4.44. The zero-order chi connectivity index (χ0) is 14.4. The fraction of sp³-hybridized carbons (Fsp3) is 0.812. The van der Waals surface area contributed by atoms with Gasteiger partial charge in [0, 0.05) is 12.7 Å². The van der Waals surface area contributed by atoms with E-state index in [-0.39, 0.29) is 6.10 Å². The van der Waals surface area contributed by atoms with E-state index < -0.39 is 0 Å². The van der Waals surface area contributed by atoms with Gasteiger partial charge in [-0.25, -0.2) is 0 Å². The van der Waals surface area contributed by atoms with Gasteiger partial charge in [-0.2, -0.15) is 5.10 Å². The number of aryl methyl sites for hydroxylation is 2. The van der Waals surface area contributed by atoms with Crippen LogP contribution in [0, 0.1) is 12.8 Å². The molecular weight excluding hydrogens is 250 g/mol. The van der Waals surface area contributed by atoms with E-state index in [9.17, 15) is 5.11 Å². The van der Waals surface area contributed by atoms with Crippen LogP contribution in [0.3, 0.4) is 0 Å². The maximum absolute atomic E-state index is 9.59. The van der Waals surface area contributed by atoms with Crippen molar-refractivity contribution in [2.75, 3.05) is 19.6 Å². The summed E-state index contributed by atoms with van der Waals surface area (Å²) in [5.74, 6) is 0.523. The number of nitrogens with zero attached hydrogens (tertiary/aromatic N) is 3. The van der Waals surface area contributed by atoms with Gasteiger partial charge in [0.1, 0.15) is 0 Å². The van der Waals surface area contributed by atoms with Crippen LogP contribution in [0.25, 0.3) is 0 Å². The number of rotatable bonds is 7. The highest BCUT2D eigenvalue weighted by molar-refractivity contribution is 4.99. The first-order chi connectivity index (χ1) is 9.65. The summed E-state index contributed by atoms with van der Waals surface area (Å²) in [6.45, 7) is 8.59. The summed E-state index contributed by atoms with van der Waals surface area (Å²) in [5.41, 5.74) is 1.24. The van der Waals surface area contributed by atoms with Gasteiger partial charge in [0.25, 0.3) is 0 Å². The molecule has 4 heteroatoms. The Morgan fingerprint density at radius 2 is 1.95 bits per heavy atom. The molecule has 1 aromatic rings. The number of piperidine rings is 1. The van der Waals surface area contributed by atoms with Gasteiger partial charge in [0.15, 0.2) is 0 Å². The molecule has 1 unspecified atom stereocenters. The van der Waals surface area contributed by atoms with Gasteiger partial charge >= 0.3 is 0 Å². The highest BCUT2D eigenvalue weighted by Crippen LogP contribution is 2.20. The minimum Gasteiger partial charge on any atom is -0.393 e. The first kappa shape index (κ1) is 15.5. The van der Waals surface area contributed by atoms with Crippen LogP contribution in [0.1, 0.15) is 44.6 Å². The maximum atomic E-state index is 9.59. The minimum absolute atomic E-state index is 0.130. The molecule has 1 saturated heterocycles. The third-order valence-electron chi connectivity index (χ3n) is 4.44. The molecule has 1 N–H and O–H groups in total. The number of aliphatic hydroxyl groups excluding tert-OH is 1. The van der Waals surface area contributed by atoms with Gasteiger partial charge in [0.2, 0.25) is 0 Å².